The van der Waals surface area contributed by atoms with Gasteiger partial charge >= 0.3 is 0 Å². The van der Waals surface area contributed by atoms with Gasteiger partial charge in [0.15, 0.2) is 0 Å². The van der Waals surface area contributed by atoms with E-state index in [0.717, 1.165) is 36.9 Å². The van der Waals surface area contributed by atoms with Crippen LogP contribution in [0.3, 0.4) is 0 Å². The van der Waals surface area contributed by atoms with E-state index in [2.05, 4.69) is 76.5 Å². The molecule has 3 aromatic carbocycles. The molecule has 0 N–H and O–H groups in total. The second kappa shape index (κ2) is 11.4. The fraction of sp³-hybridized carbons (Fsp3) is 0.400. The first kappa shape index (κ1) is 23.4. The monoisotopic (exact) mass is 474 g/mol. The molecular weight excluding hydrogens is 440 g/mol. The van der Waals surface area contributed by atoms with E-state index in [1.54, 1.807) is 0 Å². The Kier molecular flexibility index (Phi) is 7.85. The third kappa shape index (κ3) is 6.02. The Morgan fingerprint density at radius 1 is 0.735 bits per heavy atom. The third-order valence-corrected chi connectivity index (χ3v) is 7.51. The lowest BCUT2D eigenvalue weighted by molar-refractivity contribution is 0.238. The number of likely N-dealkylation sites (tertiary alicyclic amines) is 2. The lowest BCUT2D eigenvalue weighted by atomic mass is 9.94. The lowest BCUT2D eigenvalue weighted by Gasteiger charge is -2.17. The molecule has 0 spiro atoms. The molecule has 178 valence electrons. The average Bonchev–Trinajstić information content (AvgIpc) is 3.56. The lowest BCUT2D eigenvalue weighted by Crippen LogP contribution is -2.25. The van der Waals surface area contributed by atoms with E-state index in [1.165, 1.54) is 79.7 Å². The van der Waals surface area contributed by atoms with Crippen LogP contribution in [0.5, 0.6) is 5.75 Å². The van der Waals surface area contributed by atoms with Crippen molar-refractivity contribution in [3.63, 3.8) is 0 Å². The van der Waals surface area contributed by atoms with Crippen LogP contribution in [-0.2, 0) is 13.0 Å². The van der Waals surface area contributed by atoms with Gasteiger partial charge in [0.2, 0.25) is 0 Å². The Bertz CT molecular complexity index is 1070. The minimum atomic E-state index is 0.754. The number of rotatable bonds is 9. The topological polar surface area (TPSA) is 15.7 Å². The number of ether oxygens (including phenoxy) is 1. The van der Waals surface area contributed by atoms with E-state index < -0.39 is 0 Å². The maximum atomic E-state index is 6.69. The van der Waals surface area contributed by atoms with Gasteiger partial charge in [0, 0.05) is 18.1 Å². The van der Waals surface area contributed by atoms with Crippen LogP contribution in [0.25, 0.3) is 11.1 Å². The Hall–Kier alpha value is -2.33. The minimum absolute atomic E-state index is 0.754. The number of nitrogens with zero attached hydrogens (tertiary/aromatic N) is 2. The zero-order chi connectivity index (χ0) is 23.2. The van der Waals surface area contributed by atoms with Crippen molar-refractivity contribution in [3.8, 4) is 16.9 Å². The maximum Gasteiger partial charge on any atom is 0.119 e. The molecule has 0 amide bonds. The van der Waals surface area contributed by atoms with Crippen LogP contribution >= 0.6 is 11.6 Å². The van der Waals surface area contributed by atoms with Crippen LogP contribution in [0.1, 0.15) is 42.4 Å². The van der Waals surface area contributed by atoms with Crippen molar-refractivity contribution in [1.29, 1.82) is 0 Å². The quantitative estimate of drug-likeness (QED) is 0.344. The Morgan fingerprint density at radius 2 is 1.44 bits per heavy atom. The molecular formula is C30H35ClN2O. The second-order valence-electron chi connectivity index (χ2n) is 9.66. The summed E-state index contributed by atoms with van der Waals surface area (Å²) in [6, 6.07) is 23.8. The molecule has 2 fully saturated rings. The summed E-state index contributed by atoms with van der Waals surface area (Å²) < 4.78 is 6.00. The van der Waals surface area contributed by atoms with Crippen molar-refractivity contribution in [1.82, 2.24) is 9.80 Å². The van der Waals surface area contributed by atoms with E-state index in [1.807, 2.05) is 0 Å². The summed E-state index contributed by atoms with van der Waals surface area (Å²) >= 11 is 6.69. The molecule has 0 aliphatic carbocycles. The summed E-state index contributed by atoms with van der Waals surface area (Å²) in [5.74, 6) is 0.945. The highest BCUT2D eigenvalue weighted by atomic mass is 35.5. The molecule has 2 heterocycles. The normalized spacial score (nSPS) is 16.9. The summed E-state index contributed by atoms with van der Waals surface area (Å²) in [7, 11) is 0. The molecule has 3 nitrogen and oxygen atoms in total. The van der Waals surface area contributed by atoms with Crippen LogP contribution in [0.15, 0.2) is 66.7 Å². The number of hydrogen-bond donors (Lipinski definition) is 0. The van der Waals surface area contributed by atoms with E-state index in [9.17, 15) is 0 Å². The SMILES string of the molecule is Clc1cc(Cc2ccccc2-c2ccc(OCCN3CCCC3)cc2)ccc1CN1CCCC1. The highest BCUT2D eigenvalue weighted by Crippen LogP contribution is 2.29. The van der Waals surface area contributed by atoms with Gasteiger partial charge in [0.25, 0.3) is 0 Å². The van der Waals surface area contributed by atoms with Gasteiger partial charge in [-0.05, 0) is 104 Å². The Morgan fingerprint density at radius 3 is 2.18 bits per heavy atom. The summed E-state index contributed by atoms with van der Waals surface area (Å²) in [6.07, 6.45) is 6.12. The molecule has 0 bridgehead atoms. The first-order valence-corrected chi connectivity index (χ1v) is 13.2. The number of halogens is 1. The van der Waals surface area contributed by atoms with Gasteiger partial charge in [0.1, 0.15) is 12.4 Å². The summed E-state index contributed by atoms with van der Waals surface area (Å²) in [5, 5.41) is 0.886. The molecule has 0 radical (unpaired) electrons. The summed E-state index contributed by atoms with van der Waals surface area (Å²) in [6.45, 7) is 7.54. The number of benzene rings is 3. The van der Waals surface area contributed by atoms with Crippen molar-refractivity contribution in [2.75, 3.05) is 39.3 Å². The molecule has 0 atom stereocenters. The second-order valence-corrected chi connectivity index (χ2v) is 10.1. The van der Waals surface area contributed by atoms with Gasteiger partial charge in [-0.2, -0.15) is 0 Å². The van der Waals surface area contributed by atoms with Crippen LogP contribution < -0.4 is 4.74 Å². The zero-order valence-electron chi connectivity index (χ0n) is 20.0. The molecule has 0 saturated carbocycles. The largest absolute Gasteiger partial charge is 0.492 e. The first-order valence-electron chi connectivity index (χ1n) is 12.8. The van der Waals surface area contributed by atoms with Gasteiger partial charge in [0.05, 0.1) is 0 Å². The fourth-order valence-corrected chi connectivity index (χ4v) is 5.48. The van der Waals surface area contributed by atoms with Gasteiger partial charge in [-0.25, -0.2) is 0 Å². The van der Waals surface area contributed by atoms with Gasteiger partial charge in [-0.3, -0.25) is 9.80 Å². The van der Waals surface area contributed by atoms with Crippen LogP contribution in [0.2, 0.25) is 5.02 Å². The predicted molar refractivity (Wildman–Crippen MR) is 142 cm³/mol. The van der Waals surface area contributed by atoms with E-state index >= 15 is 0 Å². The van der Waals surface area contributed by atoms with Crippen molar-refractivity contribution >= 4 is 11.6 Å². The standard InChI is InChI=1S/C30H35ClN2O/c31-30-22-24(9-10-27(30)23-33-17-5-6-18-33)21-26-7-1-2-8-29(26)25-11-13-28(14-12-25)34-20-19-32-15-3-4-16-32/h1-2,7-14,22H,3-6,15-21,23H2. The van der Waals surface area contributed by atoms with Crippen molar-refractivity contribution < 1.29 is 4.74 Å². The highest BCUT2D eigenvalue weighted by Gasteiger charge is 2.14. The van der Waals surface area contributed by atoms with Crippen molar-refractivity contribution in [3.05, 3.63) is 88.4 Å². The first-order chi connectivity index (χ1) is 16.7. The Labute approximate surface area is 209 Å². The molecule has 2 aliphatic rings. The van der Waals surface area contributed by atoms with Crippen LogP contribution in [-0.4, -0.2) is 49.1 Å². The van der Waals surface area contributed by atoms with E-state index in [-0.39, 0.29) is 0 Å². The Balaban J connectivity index is 1.23. The van der Waals surface area contributed by atoms with E-state index in [0.29, 0.717) is 0 Å². The zero-order valence-corrected chi connectivity index (χ0v) is 20.8. The molecule has 5 rings (SSSR count). The molecule has 2 saturated heterocycles. The maximum absolute atomic E-state index is 6.69. The molecule has 4 heteroatoms. The third-order valence-electron chi connectivity index (χ3n) is 7.16. The number of hydrogen-bond acceptors (Lipinski definition) is 3. The van der Waals surface area contributed by atoms with Crippen molar-refractivity contribution in [2.24, 2.45) is 0 Å². The average molecular weight is 475 g/mol. The molecule has 0 aromatic heterocycles. The van der Waals surface area contributed by atoms with Crippen LogP contribution in [0, 0.1) is 0 Å². The van der Waals surface area contributed by atoms with E-state index in [4.69, 9.17) is 16.3 Å². The van der Waals surface area contributed by atoms with Crippen LogP contribution in [0.4, 0.5) is 0 Å². The molecule has 34 heavy (non-hydrogen) atoms. The molecule has 3 aromatic rings. The fourth-order valence-electron chi connectivity index (χ4n) is 5.22. The summed E-state index contributed by atoms with van der Waals surface area (Å²) in [4.78, 5) is 4.98. The van der Waals surface area contributed by atoms with Gasteiger partial charge in [-0.1, -0.05) is 60.1 Å². The predicted octanol–water partition coefficient (Wildman–Crippen LogP) is 6.67. The smallest absolute Gasteiger partial charge is 0.119 e. The summed E-state index contributed by atoms with van der Waals surface area (Å²) in [5.41, 5.74) is 6.29. The highest BCUT2D eigenvalue weighted by molar-refractivity contribution is 6.31. The van der Waals surface area contributed by atoms with Gasteiger partial charge in [-0.15, -0.1) is 0 Å². The van der Waals surface area contributed by atoms with Crippen molar-refractivity contribution in [2.45, 2.75) is 38.6 Å². The van der Waals surface area contributed by atoms with Gasteiger partial charge < -0.3 is 4.74 Å². The molecule has 2 aliphatic heterocycles. The minimum Gasteiger partial charge on any atom is -0.492 e. The molecule has 0 unspecified atom stereocenters.